The first-order valence-electron chi connectivity index (χ1n) is 6.31. The van der Waals surface area contributed by atoms with Crippen LogP contribution >= 0.6 is 0 Å². The van der Waals surface area contributed by atoms with Crippen molar-refractivity contribution < 1.29 is 9.90 Å². The van der Waals surface area contributed by atoms with Crippen molar-refractivity contribution in [1.29, 1.82) is 0 Å². The van der Waals surface area contributed by atoms with E-state index in [4.69, 9.17) is 0 Å². The monoisotopic (exact) mass is 260 g/mol. The maximum atomic E-state index is 11.2. The molecule has 0 radical (unpaired) electrons. The Bertz CT molecular complexity index is 614. The third-order valence-corrected chi connectivity index (χ3v) is 3.50. The molecule has 0 spiro atoms. The quantitative estimate of drug-likeness (QED) is 0.919. The van der Waals surface area contributed by atoms with Crippen LogP contribution in [-0.2, 0) is 11.8 Å². The molecule has 1 aromatic carbocycles. The second-order valence-electron chi connectivity index (χ2n) is 5.69. The van der Waals surface area contributed by atoms with Gasteiger partial charge in [0, 0.05) is 37.7 Å². The highest BCUT2D eigenvalue weighted by Gasteiger charge is 2.29. The fraction of sp³-hybridized carbons (Fsp3) is 0.400. The van der Waals surface area contributed by atoms with Gasteiger partial charge in [0.15, 0.2) is 0 Å². The van der Waals surface area contributed by atoms with Crippen molar-refractivity contribution >= 4 is 22.6 Å². The van der Waals surface area contributed by atoms with Crippen molar-refractivity contribution in [3.63, 3.8) is 0 Å². The molecular weight excluding hydrogens is 240 g/mol. The summed E-state index contributed by atoms with van der Waals surface area (Å²) < 4.78 is 2.06. The van der Waals surface area contributed by atoms with E-state index in [1.54, 1.807) is 13.8 Å². The maximum Gasteiger partial charge on any atom is 0.310 e. The van der Waals surface area contributed by atoms with E-state index in [1.807, 2.05) is 37.3 Å². The van der Waals surface area contributed by atoms with Crippen LogP contribution in [0.15, 0.2) is 30.5 Å². The van der Waals surface area contributed by atoms with E-state index < -0.39 is 11.4 Å². The van der Waals surface area contributed by atoms with Crippen LogP contribution in [0, 0.1) is 5.41 Å². The molecule has 0 saturated heterocycles. The highest BCUT2D eigenvalue weighted by Crippen LogP contribution is 2.29. The number of hydrogen-bond acceptors (Lipinski definition) is 2. The Hall–Kier alpha value is -1.97. The number of aliphatic carboxylic acids is 1. The van der Waals surface area contributed by atoms with Gasteiger partial charge in [-0.2, -0.15) is 0 Å². The summed E-state index contributed by atoms with van der Waals surface area (Å²) in [5.41, 5.74) is 1.44. The van der Waals surface area contributed by atoms with Crippen molar-refractivity contribution in [2.75, 3.05) is 18.5 Å². The Morgan fingerprint density at radius 1 is 1.37 bits per heavy atom. The third-order valence-electron chi connectivity index (χ3n) is 3.50. The molecule has 0 fully saturated rings. The molecule has 0 aliphatic rings. The van der Waals surface area contributed by atoms with Gasteiger partial charge in [-0.3, -0.25) is 4.79 Å². The zero-order chi connectivity index (χ0) is 14.2. The number of fused-ring (bicyclic) bond motifs is 1. The van der Waals surface area contributed by atoms with Crippen LogP contribution in [0.3, 0.4) is 0 Å². The summed E-state index contributed by atoms with van der Waals surface area (Å²) in [7, 11) is 3.94. The van der Waals surface area contributed by atoms with Crippen LogP contribution in [0.2, 0.25) is 0 Å². The molecule has 4 nitrogen and oxygen atoms in total. The first kappa shape index (κ1) is 13.5. The Morgan fingerprint density at radius 3 is 2.63 bits per heavy atom. The van der Waals surface area contributed by atoms with Crippen LogP contribution in [-0.4, -0.2) is 29.2 Å². The smallest absolute Gasteiger partial charge is 0.310 e. The minimum Gasteiger partial charge on any atom is -0.481 e. The Balaban J connectivity index is 2.37. The van der Waals surface area contributed by atoms with E-state index in [2.05, 4.69) is 16.7 Å². The average Bonchev–Trinajstić information content (AvgIpc) is 2.67. The van der Waals surface area contributed by atoms with Gasteiger partial charge in [0.1, 0.15) is 0 Å². The molecular formula is C15H20N2O2. The minimum absolute atomic E-state index is 0.469. The fourth-order valence-electron chi connectivity index (χ4n) is 2.37. The number of carboxylic acids is 1. The first-order valence-corrected chi connectivity index (χ1v) is 6.31. The largest absolute Gasteiger partial charge is 0.481 e. The van der Waals surface area contributed by atoms with Gasteiger partial charge >= 0.3 is 5.97 Å². The number of nitrogens with zero attached hydrogens (tertiary/aromatic N) is 2. The summed E-state index contributed by atoms with van der Waals surface area (Å²) in [5, 5.41) is 10.4. The zero-order valence-corrected chi connectivity index (χ0v) is 11.8. The van der Waals surface area contributed by atoms with Crippen molar-refractivity contribution in [2.24, 2.45) is 12.5 Å². The lowest BCUT2D eigenvalue weighted by molar-refractivity contribution is -0.146. The van der Waals surface area contributed by atoms with E-state index in [0.717, 1.165) is 16.6 Å². The zero-order valence-electron chi connectivity index (χ0n) is 11.8. The summed E-state index contributed by atoms with van der Waals surface area (Å²) >= 11 is 0. The second kappa shape index (κ2) is 4.61. The number of rotatable bonds is 4. The van der Waals surface area contributed by atoms with E-state index in [1.165, 1.54) is 0 Å². The number of carboxylic acid groups (broad SMARTS) is 1. The number of aryl methyl sites for hydroxylation is 1. The van der Waals surface area contributed by atoms with E-state index in [0.29, 0.717) is 6.54 Å². The van der Waals surface area contributed by atoms with E-state index in [9.17, 15) is 9.90 Å². The minimum atomic E-state index is -0.778. The summed E-state index contributed by atoms with van der Waals surface area (Å²) in [4.78, 5) is 13.2. The van der Waals surface area contributed by atoms with E-state index in [-0.39, 0.29) is 0 Å². The lowest BCUT2D eigenvalue weighted by atomic mass is 9.93. The van der Waals surface area contributed by atoms with Gasteiger partial charge < -0.3 is 14.6 Å². The normalized spacial score (nSPS) is 11.8. The highest BCUT2D eigenvalue weighted by atomic mass is 16.4. The van der Waals surface area contributed by atoms with Gasteiger partial charge in [0.05, 0.1) is 11.1 Å². The molecule has 2 aromatic rings. The lowest BCUT2D eigenvalue weighted by Crippen LogP contribution is -2.37. The van der Waals surface area contributed by atoms with Crippen LogP contribution in [0.1, 0.15) is 13.8 Å². The van der Waals surface area contributed by atoms with Gasteiger partial charge in [-0.25, -0.2) is 0 Å². The Labute approximate surface area is 113 Å². The molecule has 4 heteroatoms. The summed E-state index contributed by atoms with van der Waals surface area (Å²) in [6, 6.07) is 8.14. The molecule has 2 rings (SSSR count). The van der Waals surface area contributed by atoms with Gasteiger partial charge in [-0.05, 0) is 19.9 Å². The lowest BCUT2D eigenvalue weighted by Gasteiger charge is -2.27. The summed E-state index contributed by atoms with van der Waals surface area (Å²) in [6.45, 7) is 3.96. The first-order chi connectivity index (χ1) is 8.83. The molecule has 0 aliphatic heterocycles. The van der Waals surface area contributed by atoms with Crippen LogP contribution in [0.4, 0.5) is 5.69 Å². The van der Waals surface area contributed by atoms with E-state index >= 15 is 0 Å². The molecule has 102 valence electrons. The molecule has 0 aliphatic carbocycles. The van der Waals surface area contributed by atoms with Gasteiger partial charge in [0.25, 0.3) is 0 Å². The summed E-state index contributed by atoms with van der Waals surface area (Å²) in [5.74, 6) is -0.778. The number of hydrogen-bond donors (Lipinski definition) is 1. The molecule has 19 heavy (non-hydrogen) atoms. The highest BCUT2D eigenvalue weighted by molar-refractivity contribution is 5.93. The molecule has 0 atom stereocenters. The second-order valence-corrected chi connectivity index (χ2v) is 5.69. The molecule has 1 N–H and O–H groups in total. The van der Waals surface area contributed by atoms with Crippen molar-refractivity contribution in [3.8, 4) is 0 Å². The Morgan fingerprint density at radius 2 is 2.00 bits per heavy atom. The molecule has 0 amide bonds. The summed E-state index contributed by atoms with van der Waals surface area (Å²) in [6.07, 6.45) is 2.04. The van der Waals surface area contributed by atoms with Crippen LogP contribution in [0.25, 0.3) is 10.9 Å². The van der Waals surface area contributed by atoms with Crippen molar-refractivity contribution in [1.82, 2.24) is 4.57 Å². The number of anilines is 1. The van der Waals surface area contributed by atoms with Crippen LogP contribution < -0.4 is 4.90 Å². The van der Waals surface area contributed by atoms with Gasteiger partial charge in [-0.15, -0.1) is 0 Å². The molecule has 1 heterocycles. The van der Waals surface area contributed by atoms with Gasteiger partial charge in [0.2, 0.25) is 0 Å². The van der Waals surface area contributed by atoms with Crippen molar-refractivity contribution in [3.05, 3.63) is 30.5 Å². The maximum absolute atomic E-state index is 11.2. The van der Waals surface area contributed by atoms with Gasteiger partial charge in [-0.1, -0.05) is 18.2 Å². The molecule has 0 saturated carbocycles. The predicted octanol–water partition coefficient (Wildman–Crippen LogP) is 2.73. The molecule has 0 bridgehead atoms. The fourth-order valence-corrected chi connectivity index (χ4v) is 2.37. The predicted molar refractivity (Wildman–Crippen MR) is 77.6 cm³/mol. The number of aromatic nitrogens is 1. The molecule has 1 aromatic heterocycles. The standard InChI is InChI=1S/C15H20N2O2/c1-15(2,14(18)19)10-17(4)13-9-16(3)12-8-6-5-7-11(12)13/h5-9H,10H2,1-4H3,(H,18,19). The van der Waals surface area contributed by atoms with Crippen LogP contribution in [0.5, 0.6) is 0 Å². The third kappa shape index (κ3) is 2.43. The topological polar surface area (TPSA) is 45.5 Å². The number of carbonyl (C=O) groups is 1. The molecule has 0 unspecified atom stereocenters. The SMILES string of the molecule is CN(CC(C)(C)C(=O)O)c1cn(C)c2ccccc12. The Kier molecular flexibility index (Phi) is 3.27. The number of benzene rings is 1. The average molecular weight is 260 g/mol. The van der Waals surface area contributed by atoms with Crippen molar-refractivity contribution in [2.45, 2.75) is 13.8 Å². The number of para-hydroxylation sites is 1.